The Morgan fingerprint density at radius 1 is 1.24 bits per heavy atom. The number of hydrogen-bond donors (Lipinski definition) is 3. The Morgan fingerprint density at radius 2 is 1.88 bits per heavy atom. The Bertz CT molecular complexity index is 533. The van der Waals surface area contributed by atoms with E-state index in [1.807, 2.05) is 20.8 Å². The number of aliphatic imine (C=N–C) groups is 1. The van der Waals surface area contributed by atoms with Gasteiger partial charge in [-0.2, -0.15) is 13.2 Å². The molecule has 1 aromatic heterocycles. The molecule has 1 aromatic rings. The number of aliphatic hydroxyl groups is 1. The predicted molar refractivity (Wildman–Crippen MR) is 106 cm³/mol. The van der Waals surface area contributed by atoms with Crippen LogP contribution in [0.2, 0.25) is 0 Å². The van der Waals surface area contributed by atoms with E-state index < -0.39 is 17.5 Å². The SMILES string of the molecule is CCNC(=NCC(O)(CC)CC)NCCc1nc(C(F)(F)F)cs1.I. The standard InChI is InChI=1S/C15H25F3N4OS.HI/c1-4-14(23,5-2)10-21-13(19-6-3)20-8-7-12-22-11(9-24-12)15(16,17)18;/h9,23H,4-8,10H2,1-3H3,(H2,19,20,21);1H. The highest BCUT2D eigenvalue weighted by molar-refractivity contribution is 14.0. The molecule has 0 aliphatic carbocycles. The summed E-state index contributed by atoms with van der Waals surface area (Å²) >= 11 is 0.995. The van der Waals surface area contributed by atoms with E-state index in [0.717, 1.165) is 16.7 Å². The van der Waals surface area contributed by atoms with Crippen LogP contribution >= 0.6 is 35.3 Å². The molecule has 0 atom stereocenters. The van der Waals surface area contributed by atoms with Crippen molar-refractivity contribution in [2.45, 2.75) is 51.8 Å². The maximum Gasteiger partial charge on any atom is 0.434 e. The molecule has 0 spiro atoms. The second-order valence-corrected chi connectivity index (χ2v) is 6.37. The summed E-state index contributed by atoms with van der Waals surface area (Å²) in [7, 11) is 0. The highest BCUT2D eigenvalue weighted by Gasteiger charge is 2.33. The van der Waals surface area contributed by atoms with Crippen LogP contribution in [0.15, 0.2) is 10.4 Å². The van der Waals surface area contributed by atoms with Gasteiger partial charge >= 0.3 is 6.18 Å². The molecule has 0 saturated carbocycles. The van der Waals surface area contributed by atoms with Crippen molar-refractivity contribution in [2.75, 3.05) is 19.6 Å². The number of nitrogens with one attached hydrogen (secondary N) is 2. The van der Waals surface area contributed by atoms with Gasteiger partial charge in [-0.25, -0.2) is 4.98 Å². The largest absolute Gasteiger partial charge is 0.434 e. The molecule has 0 aromatic carbocycles. The van der Waals surface area contributed by atoms with Gasteiger partial charge in [-0.1, -0.05) is 13.8 Å². The van der Waals surface area contributed by atoms with Crippen molar-refractivity contribution in [3.05, 3.63) is 16.1 Å². The molecule has 3 N–H and O–H groups in total. The quantitative estimate of drug-likeness (QED) is 0.294. The van der Waals surface area contributed by atoms with Gasteiger partial charge in [0.2, 0.25) is 0 Å². The van der Waals surface area contributed by atoms with Crippen LogP contribution in [0.5, 0.6) is 0 Å². The minimum absolute atomic E-state index is 0. The van der Waals surface area contributed by atoms with E-state index in [9.17, 15) is 18.3 Å². The summed E-state index contributed by atoms with van der Waals surface area (Å²) in [5, 5.41) is 17.8. The molecule has 1 rings (SSSR count). The molecule has 0 bridgehead atoms. The number of aromatic nitrogens is 1. The first-order chi connectivity index (χ1) is 11.2. The van der Waals surface area contributed by atoms with E-state index in [1.165, 1.54) is 0 Å². The second-order valence-electron chi connectivity index (χ2n) is 5.43. The third-order valence-corrected chi connectivity index (χ3v) is 4.57. The summed E-state index contributed by atoms with van der Waals surface area (Å²) in [5.41, 5.74) is -1.68. The monoisotopic (exact) mass is 494 g/mol. The molecule has 0 aliphatic rings. The van der Waals surface area contributed by atoms with Gasteiger partial charge in [0.15, 0.2) is 11.7 Å². The second kappa shape index (κ2) is 11.2. The minimum Gasteiger partial charge on any atom is -0.388 e. The van der Waals surface area contributed by atoms with Gasteiger partial charge in [0, 0.05) is 24.9 Å². The number of alkyl halides is 3. The van der Waals surface area contributed by atoms with E-state index in [2.05, 4.69) is 20.6 Å². The maximum atomic E-state index is 12.5. The summed E-state index contributed by atoms with van der Waals surface area (Å²) in [4.78, 5) is 7.94. The third-order valence-electron chi connectivity index (χ3n) is 3.67. The average Bonchev–Trinajstić information content (AvgIpc) is 3.01. The van der Waals surface area contributed by atoms with Crippen molar-refractivity contribution < 1.29 is 18.3 Å². The Labute approximate surface area is 167 Å². The fourth-order valence-electron chi connectivity index (χ4n) is 1.89. The normalized spacial score (nSPS) is 12.7. The number of thiazole rings is 1. The summed E-state index contributed by atoms with van der Waals surface area (Å²) < 4.78 is 37.5. The molecule has 0 unspecified atom stereocenters. The van der Waals surface area contributed by atoms with Crippen molar-refractivity contribution in [1.82, 2.24) is 15.6 Å². The Morgan fingerprint density at radius 3 is 2.36 bits per heavy atom. The van der Waals surface area contributed by atoms with Crippen LogP contribution in [0.25, 0.3) is 0 Å². The predicted octanol–water partition coefficient (Wildman–Crippen LogP) is 3.43. The van der Waals surface area contributed by atoms with Gasteiger partial charge in [0.05, 0.1) is 17.2 Å². The highest BCUT2D eigenvalue weighted by Crippen LogP contribution is 2.29. The van der Waals surface area contributed by atoms with Crippen LogP contribution in [0.4, 0.5) is 13.2 Å². The molecule has 5 nitrogen and oxygen atoms in total. The molecule has 25 heavy (non-hydrogen) atoms. The lowest BCUT2D eigenvalue weighted by molar-refractivity contribution is -0.140. The molecule has 0 amide bonds. The summed E-state index contributed by atoms with van der Waals surface area (Å²) in [6, 6.07) is 0. The Kier molecular flexibility index (Phi) is 10.9. The van der Waals surface area contributed by atoms with Gasteiger partial charge in [-0.15, -0.1) is 35.3 Å². The van der Waals surface area contributed by atoms with E-state index in [0.29, 0.717) is 43.3 Å². The molecule has 0 fully saturated rings. The first-order valence-corrected chi connectivity index (χ1v) is 8.88. The number of hydrogen-bond acceptors (Lipinski definition) is 4. The number of rotatable bonds is 8. The lowest BCUT2D eigenvalue weighted by Gasteiger charge is -2.23. The fourth-order valence-corrected chi connectivity index (χ4v) is 2.69. The lowest BCUT2D eigenvalue weighted by Crippen LogP contribution is -2.40. The zero-order valence-corrected chi connectivity index (χ0v) is 17.8. The van der Waals surface area contributed by atoms with Gasteiger partial charge in [0.1, 0.15) is 0 Å². The summed E-state index contributed by atoms with van der Waals surface area (Å²) in [6.07, 6.45) is -2.82. The van der Waals surface area contributed by atoms with Crippen LogP contribution in [-0.2, 0) is 12.6 Å². The van der Waals surface area contributed by atoms with E-state index in [1.54, 1.807) is 0 Å². The van der Waals surface area contributed by atoms with Crippen LogP contribution in [0.1, 0.15) is 44.3 Å². The molecule has 0 aliphatic heterocycles. The van der Waals surface area contributed by atoms with Crippen LogP contribution in [0.3, 0.4) is 0 Å². The first kappa shape index (κ1) is 24.4. The topological polar surface area (TPSA) is 69.5 Å². The fraction of sp³-hybridized carbons (Fsp3) is 0.733. The number of guanidine groups is 1. The summed E-state index contributed by atoms with van der Waals surface area (Å²) in [6.45, 7) is 7.05. The lowest BCUT2D eigenvalue weighted by atomic mass is 9.98. The van der Waals surface area contributed by atoms with Crippen LogP contribution in [-0.4, -0.2) is 41.3 Å². The summed E-state index contributed by atoms with van der Waals surface area (Å²) in [5.74, 6) is 0.533. The minimum atomic E-state index is -4.40. The van der Waals surface area contributed by atoms with Gasteiger partial charge < -0.3 is 15.7 Å². The third kappa shape index (κ3) is 8.54. The van der Waals surface area contributed by atoms with Gasteiger partial charge in [0.25, 0.3) is 0 Å². The molecule has 146 valence electrons. The zero-order valence-electron chi connectivity index (χ0n) is 14.6. The zero-order chi connectivity index (χ0) is 18.2. The molecule has 0 radical (unpaired) electrons. The van der Waals surface area contributed by atoms with Crippen molar-refractivity contribution in [3.8, 4) is 0 Å². The van der Waals surface area contributed by atoms with Gasteiger partial charge in [-0.05, 0) is 19.8 Å². The van der Waals surface area contributed by atoms with Crippen molar-refractivity contribution in [3.63, 3.8) is 0 Å². The first-order valence-electron chi connectivity index (χ1n) is 8.00. The van der Waals surface area contributed by atoms with Crippen LogP contribution < -0.4 is 10.6 Å². The molecular weight excluding hydrogens is 468 g/mol. The average molecular weight is 494 g/mol. The molecule has 1 heterocycles. The molecule has 10 heteroatoms. The van der Waals surface area contributed by atoms with Crippen molar-refractivity contribution in [2.24, 2.45) is 4.99 Å². The Hall–Kier alpha value is -0.620. The highest BCUT2D eigenvalue weighted by atomic mass is 127. The molecule has 0 saturated heterocycles. The number of halogens is 4. The smallest absolute Gasteiger partial charge is 0.388 e. The Balaban J connectivity index is 0.00000576. The van der Waals surface area contributed by atoms with Crippen molar-refractivity contribution in [1.29, 1.82) is 0 Å². The maximum absolute atomic E-state index is 12.5. The van der Waals surface area contributed by atoms with Crippen LogP contribution in [0, 0.1) is 0 Å². The van der Waals surface area contributed by atoms with E-state index >= 15 is 0 Å². The molecular formula is C15H26F3IN4OS. The van der Waals surface area contributed by atoms with Crippen molar-refractivity contribution >= 4 is 41.3 Å². The van der Waals surface area contributed by atoms with E-state index in [4.69, 9.17) is 0 Å². The van der Waals surface area contributed by atoms with Gasteiger partial charge in [-0.3, -0.25) is 4.99 Å². The number of nitrogens with zero attached hydrogens (tertiary/aromatic N) is 2. The van der Waals surface area contributed by atoms with E-state index in [-0.39, 0.29) is 30.5 Å².